The lowest BCUT2D eigenvalue weighted by Gasteiger charge is -2.01. The number of imidazole rings is 1. The lowest BCUT2D eigenvalue weighted by atomic mass is 10.1. The topological polar surface area (TPSA) is 78.0 Å². The molecule has 3 aromatic rings. The largest absolute Gasteiger partial charge is 0.481 e. The number of H-pyrrole nitrogens is 1. The van der Waals surface area contributed by atoms with Gasteiger partial charge in [0.15, 0.2) is 0 Å². The summed E-state index contributed by atoms with van der Waals surface area (Å²) in [6.07, 6.45) is 0.0156. The van der Waals surface area contributed by atoms with Crippen molar-refractivity contribution >= 4 is 23.0 Å². The van der Waals surface area contributed by atoms with E-state index < -0.39 is 5.97 Å². The maximum Gasteiger partial charge on any atom is 0.307 e. The standard InChI is InChI=1S/C16H15N3O2/c20-15(21)9-12-6-7-13-14(8-12)19-16(18-13)17-10-11-4-2-1-3-5-11/h1-8H,9-10H2,(H,20,21)(H2,17,18,19). The van der Waals surface area contributed by atoms with Crippen molar-refractivity contribution < 1.29 is 9.90 Å². The fourth-order valence-corrected chi connectivity index (χ4v) is 2.21. The van der Waals surface area contributed by atoms with Crippen LogP contribution in [0.4, 0.5) is 5.95 Å². The monoisotopic (exact) mass is 281 g/mol. The maximum atomic E-state index is 10.7. The highest BCUT2D eigenvalue weighted by molar-refractivity contribution is 5.80. The van der Waals surface area contributed by atoms with Crippen LogP contribution < -0.4 is 5.32 Å². The predicted octanol–water partition coefficient (Wildman–Crippen LogP) is 2.80. The SMILES string of the molecule is O=C(O)Cc1ccc2nc(NCc3ccccc3)[nH]c2c1. The normalized spacial score (nSPS) is 10.7. The number of hydrogen-bond donors (Lipinski definition) is 3. The minimum atomic E-state index is -0.837. The van der Waals surface area contributed by atoms with Crippen LogP contribution in [-0.4, -0.2) is 21.0 Å². The van der Waals surface area contributed by atoms with Crippen LogP contribution in [0.1, 0.15) is 11.1 Å². The number of benzene rings is 2. The van der Waals surface area contributed by atoms with E-state index in [2.05, 4.69) is 15.3 Å². The van der Waals surface area contributed by atoms with Crippen LogP contribution in [0.25, 0.3) is 11.0 Å². The van der Waals surface area contributed by atoms with Gasteiger partial charge in [0.1, 0.15) is 0 Å². The predicted molar refractivity (Wildman–Crippen MR) is 81.2 cm³/mol. The van der Waals surface area contributed by atoms with Gasteiger partial charge in [0, 0.05) is 6.54 Å². The van der Waals surface area contributed by atoms with Gasteiger partial charge in [0.2, 0.25) is 5.95 Å². The van der Waals surface area contributed by atoms with Crippen LogP contribution >= 0.6 is 0 Å². The minimum Gasteiger partial charge on any atom is -0.481 e. The molecule has 106 valence electrons. The van der Waals surface area contributed by atoms with E-state index in [9.17, 15) is 4.79 Å². The second kappa shape index (κ2) is 5.66. The van der Waals surface area contributed by atoms with Gasteiger partial charge < -0.3 is 15.4 Å². The van der Waals surface area contributed by atoms with Crippen molar-refractivity contribution in [2.45, 2.75) is 13.0 Å². The zero-order valence-electron chi connectivity index (χ0n) is 11.3. The molecule has 0 bridgehead atoms. The van der Waals surface area contributed by atoms with Gasteiger partial charge in [-0.15, -0.1) is 0 Å². The third-order valence-electron chi connectivity index (χ3n) is 3.20. The number of carboxylic acids is 1. The molecule has 1 aromatic heterocycles. The minimum absolute atomic E-state index is 0.0156. The Morgan fingerprint density at radius 1 is 1.14 bits per heavy atom. The first-order valence-electron chi connectivity index (χ1n) is 6.69. The van der Waals surface area contributed by atoms with E-state index >= 15 is 0 Å². The number of rotatable bonds is 5. The lowest BCUT2D eigenvalue weighted by Crippen LogP contribution is -2.00. The van der Waals surface area contributed by atoms with E-state index in [0.717, 1.165) is 16.6 Å². The summed E-state index contributed by atoms with van der Waals surface area (Å²) in [5, 5.41) is 12.0. The molecule has 0 amide bonds. The fourth-order valence-electron chi connectivity index (χ4n) is 2.21. The highest BCUT2D eigenvalue weighted by Crippen LogP contribution is 2.17. The summed E-state index contributed by atoms with van der Waals surface area (Å²) in [5.74, 6) is -0.155. The molecular formula is C16H15N3O2. The fraction of sp³-hybridized carbons (Fsp3) is 0.125. The highest BCUT2D eigenvalue weighted by atomic mass is 16.4. The average Bonchev–Trinajstić information content (AvgIpc) is 2.88. The zero-order chi connectivity index (χ0) is 14.7. The van der Waals surface area contributed by atoms with E-state index in [1.807, 2.05) is 42.5 Å². The third-order valence-corrected chi connectivity index (χ3v) is 3.20. The Labute approximate surface area is 121 Å². The van der Waals surface area contributed by atoms with Crippen molar-refractivity contribution in [3.05, 3.63) is 59.7 Å². The number of anilines is 1. The van der Waals surface area contributed by atoms with Crippen molar-refractivity contribution in [3.63, 3.8) is 0 Å². The van der Waals surface area contributed by atoms with Crippen molar-refractivity contribution in [1.29, 1.82) is 0 Å². The molecule has 0 saturated carbocycles. The van der Waals surface area contributed by atoms with Gasteiger partial charge >= 0.3 is 5.97 Å². The average molecular weight is 281 g/mol. The summed E-state index contributed by atoms with van der Waals surface area (Å²) in [7, 11) is 0. The Bertz CT molecular complexity index is 766. The second-order valence-electron chi connectivity index (χ2n) is 4.85. The molecule has 0 saturated heterocycles. The molecule has 2 aromatic carbocycles. The Kier molecular flexibility index (Phi) is 3.55. The number of nitrogens with one attached hydrogen (secondary N) is 2. The number of aromatic amines is 1. The maximum absolute atomic E-state index is 10.7. The van der Waals surface area contributed by atoms with E-state index in [1.54, 1.807) is 6.07 Å². The molecule has 0 aliphatic carbocycles. The Balaban J connectivity index is 1.76. The summed E-state index contributed by atoms with van der Waals surface area (Å²) in [5.41, 5.74) is 3.58. The molecule has 1 heterocycles. The zero-order valence-corrected chi connectivity index (χ0v) is 11.3. The van der Waals surface area contributed by atoms with E-state index in [1.165, 1.54) is 5.56 Å². The first kappa shape index (κ1) is 13.2. The smallest absolute Gasteiger partial charge is 0.307 e. The molecule has 0 radical (unpaired) electrons. The van der Waals surface area contributed by atoms with Crippen LogP contribution in [0.2, 0.25) is 0 Å². The molecule has 0 aliphatic heterocycles. The first-order chi connectivity index (χ1) is 10.2. The molecule has 5 nitrogen and oxygen atoms in total. The van der Waals surface area contributed by atoms with Gasteiger partial charge in [0.05, 0.1) is 17.5 Å². The highest BCUT2D eigenvalue weighted by Gasteiger charge is 2.06. The number of hydrogen-bond acceptors (Lipinski definition) is 3. The molecular weight excluding hydrogens is 266 g/mol. The molecule has 3 N–H and O–H groups in total. The number of carboxylic acid groups (broad SMARTS) is 1. The van der Waals surface area contributed by atoms with Gasteiger partial charge in [-0.3, -0.25) is 4.79 Å². The van der Waals surface area contributed by atoms with Crippen molar-refractivity contribution in [3.8, 4) is 0 Å². The number of fused-ring (bicyclic) bond motifs is 1. The molecule has 5 heteroatoms. The van der Waals surface area contributed by atoms with Crippen molar-refractivity contribution in [1.82, 2.24) is 9.97 Å². The Morgan fingerprint density at radius 2 is 1.95 bits per heavy atom. The molecule has 0 unspecified atom stereocenters. The van der Waals surface area contributed by atoms with Gasteiger partial charge in [0.25, 0.3) is 0 Å². The number of aliphatic carboxylic acids is 1. The summed E-state index contributed by atoms with van der Waals surface area (Å²) in [6.45, 7) is 0.683. The number of aromatic nitrogens is 2. The molecule has 21 heavy (non-hydrogen) atoms. The second-order valence-corrected chi connectivity index (χ2v) is 4.85. The van der Waals surface area contributed by atoms with Gasteiger partial charge in [-0.2, -0.15) is 0 Å². The number of nitrogens with zero attached hydrogens (tertiary/aromatic N) is 1. The van der Waals surface area contributed by atoms with Gasteiger partial charge in [-0.1, -0.05) is 36.4 Å². The summed E-state index contributed by atoms with van der Waals surface area (Å²) < 4.78 is 0. The Hall–Kier alpha value is -2.82. The molecule has 0 fully saturated rings. The first-order valence-corrected chi connectivity index (χ1v) is 6.69. The van der Waals surface area contributed by atoms with Gasteiger partial charge in [-0.05, 0) is 23.3 Å². The Morgan fingerprint density at radius 3 is 2.71 bits per heavy atom. The third kappa shape index (κ3) is 3.20. The van der Waals surface area contributed by atoms with Crippen LogP contribution in [0.15, 0.2) is 48.5 Å². The quantitative estimate of drug-likeness (QED) is 0.672. The molecule has 3 rings (SSSR count). The molecule has 0 atom stereocenters. The van der Waals surface area contributed by atoms with Crippen LogP contribution in [-0.2, 0) is 17.8 Å². The summed E-state index contributed by atoms with van der Waals surface area (Å²) in [4.78, 5) is 18.3. The van der Waals surface area contributed by atoms with E-state index in [0.29, 0.717) is 12.5 Å². The van der Waals surface area contributed by atoms with Gasteiger partial charge in [-0.25, -0.2) is 4.98 Å². The van der Waals surface area contributed by atoms with Crippen molar-refractivity contribution in [2.24, 2.45) is 0 Å². The van der Waals surface area contributed by atoms with Crippen LogP contribution in [0, 0.1) is 0 Å². The van der Waals surface area contributed by atoms with E-state index in [-0.39, 0.29) is 6.42 Å². The number of carbonyl (C=O) groups is 1. The van der Waals surface area contributed by atoms with Crippen LogP contribution in [0.5, 0.6) is 0 Å². The summed E-state index contributed by atoms with van der Waals surface area (Å²) in [6, 6.07) is 15.5. The summed E-state index contributed by atoms with van der Waals surface area (Å²) >= 11 is 0. The van der Waals surface area contributed by atoms with E-state index in [4.69, 9.17) is 5.11 Å². The van der Waals surface area contributed by atoms with Crippen molar-refractivity contribution in [2.75, 3.05) is 5.32 Å². The molecule has 0 spiro atoms. The lowest BCUT2D eigenvalue weighted by molar-refractivity contribution is -0.136. The van der Waals surface area contributed by atoms with Crippen LogP contribution in [0.3, 0.4) is 0 Å². The molecule has 0 aliphatic rings.